The second kappa shape index (κ2) is 9.53. The summed E-state index contributed by atoms with van der Waals surface area (Å²) in [6.07, 6.45) is 2.08. The highest BCUT2D eigenvalue weighted by molar-refractivity contribution is 5.78. The molecule has 0 spiro atoms. The van der Waals surface area contributed by atoms with Gasteiger partial charge in [-0.05, 0) is 49.9 Å². The first-order chi connectivity index (χ1) is 14.6. The number of likely N-dealkylation sites (tertiary alicyclic amines) is 1. The quantitative estimate of drug-likeness (QED) is 0.818. The van der Waals surface area contributed by atoms with E-state index in [1.54, 1.807) is 0 Å². The largest absolute Gasteiger partial charge is 0.369 e. The van der Waals surface area contributed by atoms with Gasteiger partial charge in [0, 0.05) is 31.9 Å². The van der Waals surface area contributed by atoms with E-state index in [9.17, 15) is 4.79 Å². The first-order valence-electron chi connectivity index (χ1n) is 10.9. The van der Waals surface area contributed by atoms with Gasteiger partial charge in [-0.3, -0.25) is 9.69 Å². The maximum absolute atomic E-state index is 12.7. The Labute approximate surface area is 178 Å². The minimum absolute atomic E-state index is 0.139. The van der Waals surface area contributed by atoms with Crippen LogP contribution in [0.4, 0.5) is 11.6 Å². The number of hydrogen-bond donors (Lipinski definition) is 1. The second-order valence-electron chi connectivity index (χ2n) is 8.39. The van der Waals surface area contributed by atoms with Crippen molar-refractivity contribution in [3.8, 4) is 0 Å². The summed E-state index contributed by atoms with van der Waals surface area (Å²) in [4.78, 5) is 26.1. The van der Waals surface area contributed by atoms with Gasteiger partial charge in [-0.15, -0.1) is 0 Å². The third-order valence-electron chi connectivity index (χ3n) is 5.89. The van der Waals surface area contributed by atoms with Crippen molar-refractivity contribution in [1.82, 2.24) is 19.8 Å². The molecule has 2 aliphatic rings. The number of carbonyl (C=O) groups is 1. The third-order valence-corrected chi connectivity index (χ3v) is 5.89. The van der Waals surface area contributed by atoms with Gasteiger partial charge in [0.05, 0.1) is 18.8 Å². The molecule has 4 rings (SSSR count). The average Bonchev–Trinajstić information content (AvgIpc) is 2.75. The highest BCUT2D eigenvalue weighted by Gasteiger charge is 2.27. The molecule has 2 aliphatic heterocycles. The zero-order chi connectivity index (χ0) is 20.9. The molecule has 7 nitrogen and oxygen atoms in total. The van der Waals surface area contributed by atoms with Crippen molar-refractivity contribution in [2.45, 2.75) is 32.8 Å². The van der Waals surface area contributed by atoms with Crippen molar-refractivity contribution >= 4 is 17.5 Å². The Hall–Kier alpha value is -2.51. The molecule has 30 heavy (non-hydrogen) atoms. The molecule has 2 fully saturated rings. The predicted octanol–water partition coefficient (Wildman–Crippen LogP) is 3.16. The number of carbonyl (C=O) groups excluding carboxylic acids is 1. The molecule has 0 aliphatic carbocycles. The average molecular weight is 410 g/mol. The minimum atomic E-state index is -0.139. The van der Waals surface area contributed by atoms with Crippen molar-refractivity contribution < 1.29 is 9.53 Å². The molecule has 1 N–H and O–H groups in total. The van der Waals surface area contributed by atoms with Gasteiger partial charge < -0.3 is 15.0 Å². The lowest BCUT2D eigenvalue weighted by Gasteiger charge is -2.35. The molecule has 2 aromatic rings. The molecule has 0 bridgehead atoms. The fourth-order valence-electron chi connectivity index (χ4n) is 4.02. The van der Waals surface area contributed by atoms with Crippen LogP contribution in [-0.4, -0.2) is 65.0 Å². The van der Waals surface area contributed by atoms with Crippen LogP contribution in [0.1, 0.15) is 37.3 Å². The fraction of sp³-hybridized carbons (Fsp3) is 0.522. The number of ether oxygens (including phenoxy) is 1. The number of aromatic nitrogens is 2. The summed E-state index contributed by atoms with van der Waals surface area (Å²) in [5.74, 6) is 2.47. The Morgan fingerprint density at radius 2 is 1.83 bits per heavy atom. The zero-order valence-electron chi connectivity index (χ0n) is 17.9. The van der Waals surface area contributed by atoms with Gasteiger partial charge in [0.1, 0.15) is 17.7 Å². The van der Waals surface area contributed by atoms with E-state index < -0.39 is 0 Å². The summed E-state index contributed by atoms with van der Waals surface area (Å²) in [7, 11) is 0. The molecule has 160 valence electrons. The van der Waals surface area contributed by atoms with Gasteiger partial charge in [-0.25, -0.2) is 9.97 Å². The minimum Gasteiger partial charge on any atom is -0.369 e. The molecule has 4 heterocycles. The molecule has 0 saturated carbocycles. The lowest BCUT2D eigenvalue weighted by Crippen LogP contribution is -2.47. The van der Waals surface area contributed by atoms with E-state index in [1.807, 2.05) is 48.2 Å². The van der Waals surface area contributed by atoms with Crippen molar-refractivity contribution in [3.05, 3.63) is 47.8 Å². The summed E-state index contributed by atoms with van der Waals surface area (Å²) in [5.41, 5.74) is 1.83. The molecule has 0 radical (unpaired) electrons. The van der Waals surface area contributed by atoms with E-state index in [4.69, 9.17) is 9.72 Å². The van der Waals surface area contributed by atoms with Gasteiger partial charge in [0.25, 0.3) is 0 Å². The lowest BCUT2D eigenvalue weighted by molar-refractivity contribution is -0.135. The summed E-state index contributed by atoms with van der Waals surface area (Å²) >= 11 is 0. The van der Waals surface area contributed by atoms with E-state index in [0.29, 0.717) is 19.7 Å². The Kier molecular flexibility index (Phi) is 6.59. The normalized spacial score (nSPS) is 20.9. The van der Waals surface area contributed by atoms with Crippen LogP contribution in [0.2, 0.25) is 0 Å². The van der Waals surface area contributed by atoms with Crippen molar-refractivity contribution in [3.63, 3.8) is 0 Å². The van der Waals surface area contributed by atoms with Gasteiger partial charge in [0.2, 0.25) is 5.91 Å². The van der Waals surface area contributed by atoms with E-state index >= 15 is 0 Å². The number of rotatable bonds is 5. The molecule has 0 unspecified atom stereocenters. The monoisotopic (exact) mass is 409 g/mol. The van der Waals surface area contributed by atoms with Crippen LogP contribution in [0.3, 0.4) is 0 Å². The SMILES string of the molecule is Cc1cccc(Nc2cccc([C@@H]3CN(CC(=O)N4CCC(C)CC4)CCO3)n2)n1. The van der Waals surface area contributed by atoms with Crippen molar-refractivity contribution in [2.24, 2.45) is 5.92 Å². The first-order valence-corrected chi connectivity index (χ1v) is 10.9. The smallest absolute Gasteiger partial charge is 0.236 e. The Morgan fingerprint density at radius 1 is 1.10 bits per heavy atom. The van der Waals surface area contributed by atoms with Crippen LogP contribution in [0, 0.1) is 12.8 Å². The predicted molar refractivity (Wildman–Crippen MR) is 117 cm³/mol. The third kappa shape index (κ3) is 5.34. The van der Waals surface area contributed by atoms with E-state index in [2.05, 4.69) is 22.1 Å². The summed E-state index contributed by atoms with van der Waals surface area (Å²) in [6, 6.07) is 11.7. The zero-order valence-corrected chi connectivity index (χ0v) is 17.9. The summed E-state index contributed by atoms with van der Waals surface area (Å²) in [5, 5.41) is 3.26. The number of piperidine rings is 1. The number of hydrogen-bond acceptors (Lipinski definition) is 6. The first kappa shape index (κ1) is 20.8. The van der Waals surface area contributed by atoms with Crippen LogP contribution < -0.4 is 5.32 Å². The number of pyridine rings is 2. The van der Waals surface area contributed by atoms with Gasteiger partial charge in [-0.2, -0.15) is 0 Å². The summed E-state index contributed by atoms with van der Waals surface area (Å²) < 4.78 is 5.99. The standard InChI is InChI=1S/C23H31N5O2/c1-17-9-11-28(12-10-17)23(29)16-27-13-14-30-20(15-27)19-6-4-8-22(25-19)26-21-7-3-5-18(2)24-21/h3-8,17,20H,9-16H2,1-2H3,(H,24,25,26)/t20-/m0/s1. The highest BCUT2D eigenvalue weighted by atomic mass is 16.5. The number of anilines is 2. The number of nitrogens with zero attached hydrogens (tertiary/aromatic N) is 4. The van der Waals surface area contributed by atoms with Crippen molar-refractivity contribution in [2.75, 3.05) is 44.6 Å². The van der Waals surface area contributed by atoms with E-state index in [-0.39, 0.29) is 12.0 Å². The Bertz CT molecular complexity index is 866. The van der Waals surface area contributed by atoms with Gasteiger partial charge >= 0.3 is 0 Å². The molecule has 0 aromatic carbocycles. The molecule has 1 amide bonds. The molecular weight excluding hydrogens is 378 g/mol. The van der Waals surface area contributed by atoms with Crippen LogP contribution >= 0.6 is 0 Å². The number of amides is 1. The number of nitrogens with one attached hydrogen (secondary N) is 1. The molecular formula is C23H31N5O2. The fourth-order valence-corrected chi connectivity index (χ4v) is 4.02. The highest BCUT2D eigenvalue weighted by Crippen LogP contribution is 2.23. The lowest BCUT2D eigenvalue weighted by atomic mass is 9.99. The van der Waals surface area contributed by atoms with Crippen LogP contribution in [-0.2, 0) is 9.53 Å². The number of morpholine rings is 1. The Balaban J connectivity index is 1.36. The number of aryl methyl sites for hydroxylation is 1. The maximum atomic E-state index is 12.7. The van der Waals surface area contributed by atoms with Crippen LogP contribution in [0.15, 0.2) is 36.4 Å². The topological polar surface area (TPSA) is 70.6 Å². The van der Waals surface area contributed by atoms with Gasteiger partial charge in [0.15, 0.2) is 0 Å². The van der Waals surface area contributed by atoms with Crippen LogP contribution in [0.25, 0.3) is 0 Å². The van der Waals surface area contributed by atoms with Crippen molar-refractivity contribution in [1.29, 1.82) is 0 Å². The molecule has 1 atom stereocenters. The van der Waals surface area contributed by atoms with E-state index in [1.165, 1.54) is 0 Å². The van der Waals surface area contributed by atoms with Crippen LogP contribution in [0.5, 0.6) is 0 Å². The summed E-state index contributed by atoms with van der Waals surface area (Å²) in [6.45, 7) is 8.51. The van der Waals surface area contributed by atoms with E-state index in [0.717, 1.165) is 61.4 Å². The second-order valence-corrected chi connectivity index (χ2v) is 8.39. The van der Waals surface area contributed by atoms with Gasteiger partial charge in [-0.1, -0.05) is 19.1 Å². The molecule has 2 aromatic heterocycles. The maximum Gasteiger partial charge on any atom is 0.236 e. The molecule has 2 saturated heterocycles. The Morgan fingerprint density at radius 3 is 2.60 bits per heavy atom. The molecule has 7 heteroatoms.